The van der Waals surface area contributed by atoms with E-state index in [1.165, 1.54) is 5.69 Å². The zero-order valence-electron chi connectivity index (χ0n) is 11.3. The summed E-state index contributed by atoms with van der Waals surface area (Å²) in [5.74, 6) is 0.968. The van der Waals surface area contributed by atoms with E-state index in [4.69, 9.17) is 0 Å². The van der Waals surface area contributed by atoms with Gasteiger partial charge in [-0.05, 0) is 32.0 Å². The second kappa shape index (κ2) is 5.82. The Morgan fingerprint density at radius 2 is 2.28 bits per heavy atom. The van der Waals surface area contributed by atoms with Gasteiger partial charge in [-0.25, -0.2) is 4.98 Å². The van der Waals surface area contributed by atoms with Crippen molar-refractivity contribution < 1.29 is 0 Å². The van der Waals surface area contributed by atoms with Crippen molar-refractivity contribution in [3.05, 3.63) is 36.2 Å². The van der Waals surface area contributed by atoms with Gasteiger partial charge in [0.2, 0.25) is 0 Å². The zero-order valence-corrected chi connectivity index (χ0v) is 11.3. The summed E-state index contributed by atoms with van der Waals surface area (Å²) in [6.07, 6.45) is 4.83. The Morgan fingerprint density at radius 3 is 2.94 bits per heavy atom. The van der Waals surface area contributed by atoms with Crippen LogP contribution in [-0.4, -0.2) is 25.9 Å². The van der Waals surface area contributed by atoms with Gasteiger partial charge in [0.05, 0.1) is 6.54 Å². The quantitative estimate of drug-likeness (QED) is 0.845. The lowest BCUT2D eigenvalue weighted by Gasteiger charge is -2.16. The molecule has 0 saturated carbocycles. The lowest BCUT2D eigenvalue weighted by atomic mass is 10.2. The first-order valence-corrected chi connectivity index (χ1v) is 6.43. The molecule has 18 heavy (non-hydrogen) atoms. The van der Waals surface area contributed by atoms with E-state index in [1.54, 1.807) is 6.33 Å². The predicted octanol–water partition coefficient (Wildman–Crippen LogP) is 1.73. The molecule has 5 heteroatoms. The molecule has 0 aliphatic heterocycles. The van der Waals surface area contributed by atoms with Gasteiger partial charge < -0.3 is 9.88 Å². The Bertz CT molecular complexity index is 485. The van der Waals surface area contributed by atoms with Crippen LogP contribution in [0.5, 0.6) is 0 Å². The molecule has 2 aromatic heterocycles. The summed E-state index contributed by atoms with van der Waals surface area (Å²) in [5, 5.41) is 7.60. The third-order valence-electron chi connectivity index (χ3n) is 3.13. The summed E-state index contributed by atoms with van der Waals surface area (Å²) in [7, 11) is 1.92. The number of aryl methyl sites for hydroxylation is 1. The fourth-order valence-electron chi connectivity index (χ4n) is 2.05. The van der Waals surface area contributed by atoms with E-state index in [0.717, 1.165) is 25.3 Å². The fraction of sp³-hybridized carbons (Fsp3) is 0.538. The molecule has 0 aliphatic carbocycles. The fourth-order valence-corrected chi connectivity index (χ4v) is 2.05. The normalized spacial score (nSPS) is 12.8. The maximum absolute atomic E-state index is 4.26. The van der Waals surface area contributed by atoms with Crippen LogP contribution in [-0.2, 0) is 13.6 Å². The third kappa shape index (κ3) is 2.79. The van der Waals surface area contributed by atoms with Gasteiger partial charge in [0, 0.05) is 25.0 Å². The second-order valence-electron chi connectivity index (χ2n) is 4.54. The second-order valence-corrected chi connectivity index (χ2v) is 4.54. The monoisotopic (exact) mass is 247 g/mol. The summed E-state index contributed by atoms with van der Waals surface area (Å²) in [6.45, 7) is 6.17. The Kier molecular flexibility index (Phi) is 4.15. The first-order chi connectivity index (χ1) is 8.72. The summed E-state index contributed by atoms with van der Waals surface area (Å²) in [4.78, 5) is 4.26. The molecular weight excluding hydrogens is 226 g/mol. The molecule has 1 N–H and O–H groups in total. The molecule has 2 rings (SSSR count). The molecule has 0 radical (unpaired) electrons. The van der Waals surface area contributed by atoms with Gasteiger partial charge in [0.15, 0.2) is 0 Å². The summed E-state index contributed by atoms with van der Waals surface area (Å²) in [6, 6.07) is 4.59. The van der Waals surface area contributed by atoms with Gasteiger partial charge in [-0.3, -0.25) is 4.68 Å². The van der Waals surface area contributed by atoms with E-state index < -0.39 is 0 Å². The van der Waals surface area contributed by atoms with Crippen molar-refractivity contribution >= 4 is 0 Å². The van der Waals surface area contributed by atoms with Gasteiger partial charge >= 0.3 is 0 Å². The zero-order chi connectivity index (χ0) is 13.0. The van der Waals surface area contributed by atoms with Crippen LogP contribution >= 0.6 is 0 Å². The molecule has 0 aromatic carbocycles. The Labute approximate surface area is 108 Å². The van der Waals surface area contributed by atoms with Gasteiger partial charge in [0.1, 0.15) is 12.2 Å². The van der Waals surface area contributed by atoms with Crippen LogP contribution in [0.4, 0.5) is 0 Å². The van der Waals surface area contributed by atoms with Crippen LogP contribution < -0.4 is 5.32 Å². The van der Waals surface area contributed by atoms with Gasteiger partial charge in [0.25, 0.3) is 0 Å². The summed E-state index contributed by atoms with van der Waals surface area (Å²) in [5.41, 5.74) is 1.28. The minimum atomic E-state index is 0.355. The number of aromatic nitrogens is 4. The average Bonchev–Trinajstić information content (AvgIpc) is 2.97. The molecule has 0 spiro atoms. The van der Waals surface area contributed by atoms with Crippen LogP contribution in [0.25, 0.3) is 0 Å². The van der Waals surface area contributed by atoms with Crippen LogP contribution in [0, 0.1) is 0 Å². The lowest BCUT2D eigenvalue weighted by Crippen LogP contribution is -2.22. The smallest absolute Gasteiger partial charge is 0.146 e. The number of rotatable bonds is 6. The molecule has 0 aliphatic rings. The van der Waals surface area contributed by atoms with Crippen LogP contribution in [0.3, 0.4) is 0 Å². The largest absolute Gasteiger partial charge is 0.342 e. The topological polar surface area (TPSA) is 47.7 Å². The molecule has 1 unspecified atom stereocenters. The third-order valence-corrected chi connectivity index (χ3v) is 3.13. The molecule has 5 nitrogen and oxygen atoms in total. The highest BCUT2D eigenvalue weighted by Gasteiger charge is 2.10. The molecule has 2 aromatic rings. The number of nitrogens with zero attached hydrogens (tertiary/aromatic N) is 4. The highest BCUT2D eigenvalue weighted by molar-refractivity contribution is 5.12. The maximum Gasteiger partial charge on any atom is 0.146 e. The van der Waals surface area contributed by atoms with Gasteiger partial charge in [-0.1, -0.05) is 6.92 Å². The summed E-state index contributed by atoms with van der Waals surface area (Å²) >= 11 is 0. The number of nitrogens with one attached hydrogen (secondary N) is 1. The Morgan fingerprint density at radius 1 is 1.44 bits per heavy atom. The van der Waals surface area contributed by atoms with Crippen LogP contribution in [0.2, 0.25) is 0 Å². The SMILES string of the molecule is CCCNC(C)c1cccn1Cc1ncnn1C. The Hall–Kier alpha value is -1.62. The molecule has 0 saturated heterocycles. The standard InChI is InChI=1S/C13H21N5/c1-4-7-14-11(2)12-6-5-8-18(12)9-13-15-10-16-17(13)3/h5-6,8,10-11,14H,4,7,9H2,1-3H3. The molecule has 98 valence electrons. The highest BCUT2D eigenvalue weighted by atomic mass is 15.3. The van der Waals surface area contributed by atoms with E-state index in [9.17, 15) is 0 Å². The van der Waals surface area contributed by atoms with Crippen molar-refractivity contribution in [2.75, 3.05) is 6.54 Å². The van der Waals surface area contributed by atoms with Gasteiger partial charge in [-0.2, -0.15) is 5.10 Å². The first kappa shape index (κ1) is 12.8. The van der Waals surface area contributed by atoms with Crippen molar-refractivity contribution in [3.8, 4) is 0 Å². The van der Waals surface area contributed by atoms with Crippen LogP contribution in [0.15, 0.2) is 24.7 Å². The van der Waals surface area contributed by atoms with E-state index >= 15 is 0 Å². The van der Waals surface area contributed by atoms with Crippen molar-refractivity contribution in [3.63, 3.8) is 0 Å². The van der Waals surface area contributed by atoms with E-state index in [0.29, 0.717) is 6.04 Å². The molecule has 0 bridgehead atoms. The summed E-state index contributed by atoms with van der Waals surface area (Å²) < 4.78 is 4.03. The van der Waals surface area contributed by atoms with E-state index in [1.807, 2.05) is 11.7 Å². The number of hydrogen-bond donors (Lipinski definition) is 1. The van der Waals surface area contributed by atoms with E-state index in [-0.39, 0.29) is 0 Å². The lowest BCUT2D eigenvalue weighted by molar-refractivity contribution is 0.527. The molecule has 2 heterocycles. The molecular formula is C13H21N5. The molecule has 0 amide bonds. The average molecular weight is 247 g/mol. The number of hydrogen-bond acceptors (Lipinski definition) is 3. The van der Waals surface area contributed by atoms with Crippen LogP contribution in [0.1, 0.15) is 37.8 Å². The predicted molar refractivity (Wildman–Crippen MR) is 71.2 cm³/mol. The van der Waals surface area contributed by atoms with E-state index in [2.05, 4.69) is 52.1 Å². The minimum absolute atomic E-state index is 0.355. The van der Waals surface area contributed by atoms with Crippen molar-refractivity contribution in [1.29, 1.82) is 0 Å². The van der Waals surface area contributed by atoms with Gasteiger partial charge in [-0.15, -0.1) is 0 Å². The van der Waals surface area contributed by atoms with Crippen molar-refractivity contribution in [2.24, 2.45) is 7.05 Å². The minimum Gasteiger partial charge on any atom is -0.342 e. The molecule has 1 atom stereocenters. The van der Waals surface area contributed by atoms with Crippen molar-refractivity contribution in [2.45, 2.75) is 32.9 Å². The Balaban J connectivity index is 2.10. The maximum atomic E-state index is 4.26. The van der Waals surface area contributed by atoms with Crippen molar-refractivity contribution in [1.82, 2.24) is 24.6 Å². The highest BCUT2D eigenvalue weighted by Crippen LogP contribution is 2.14. The first-order valence-electron chi connectivity index (χ1n) is 6.43. The molecule has 0 fully saturated rings.